The third-order valence-corrected chi connectivity index (χ3v) is 6.68. The van der Waals surface area contributed by atoms with E-state index in [9.17, 15) is 4.79 Å². The first-order valence-corrected chi connectivity index (χ1v) is 11.6. The van der Waals surface area contributed by atoms with Crippen molar-refractivity contribution in [2.75, 3.05) is 6.61 Å². The number of benzene rings is 1. The number of fused-ring (bicyclic) bond motifs is 1. The van der Waals surface area contributed by atoms with E-state index >= 15 is 0 Å². The molecular weight excluding hydrogens is 348 g/mol. The van der Waals surface area contributed by atoms with Gasteiger partial charge in [-0.05, 0) is 80.9 Å². The molecular formula is C25H38O3. The van der Waals surface area contributed by atoms with Crippen molar-refractivity contribution >= 4 is 5.97 Å². The zero-order valence-corrected chi connectivity index (χ0v) is 17.8. The van der Waals surface area contributed by atoms with Crippen LogP contribution >= 0.6 is 0 Å². The van der Waals surface area contributed by atoms with Gasteiger partial charge in [0.25, 0.3) is 0 Å². The fraction of sp³-hybridized carbons (Fsp3) is 0.720. The Labute approximate surface area is 171 Å². The van der Waals surface area contributed by atoms with Crippen molar-refractivity contribution in [3.8, 4) is 5.75 Å². The van der Waals surface area contributed by atoms with Crippen LogP contribution in [-0.2, 0) is 16.0 Å². The van der Waals surface area contributed by atoms with Crippen LogP contribution < -0.4 is 4.74 Å². The molecule has 0 aliphatic heterocycles. The summed E-state index contributed by atoms with van der Waals surface area (Å²) in [5, 5.41) is 0. The van der Waals surface area contributed by atoms with Crippen molar-refractivity contribution in [3.05, 3.63) is 29.8 Å². The number of carbonyl (C=O) groups excluding carboxylic acids is 1. The van der Waals surface area contributed by atoms with Crippen LogP contribution in [0.5, 0.6) is 5.75 Å². The Hall–Kier alpha value is -1.35. The van der Waals surface area contributed by atoms with Gasteiger partial charge >= 0.3 is 5.97 Å². The van der Waals surface area contributed by atoms with Crippen molar-refractivity contribution in [2.24, 2.45) is 17.8 Å². The molecule has 0 bridgehead atoms. The second-order valence-corrected chi connectivity index (χ2v) is 8.86. The van der Waals surface area contributed by atoms with E-state index < -0.39 is 0 Å². The molecule has 0 radical (unpaired) electrons. The lowest BCUT2D eigenvalue weighted by Gasteiger charge is -2.41. The number of carbonyl (C=O) groups is 1. The Bertz CT molecular complexity index is 594. The molecule has 2 saturated carbocycles. The standard InChI is InChI=1S/C25H38O3/c1-3-5-6-16-27-24-15-12-20-17-22(11-10-21(20)18-24)25(26)28-23-13-8-19(7-4-2)9-14-23/h8-9,13-14,20-22,24H,3-7,10-12,15-18H2,1-2H3/t20?,21-,22-,24?/m1/s1. The predicted molar refractivity (Wildman–Crippen MR) is 114 cm³/mol. The molecule has 3 nitrogen and oxygen atoms in total. The number of hydrogen-bond acceptors (Lipinski definition) is 3. The molecule has 2 fully saturated rings. The topological polar surface area (TPSA) is 35.5 Å². The van der Waals surface area contributed by atoms with Gasteiger partial charge in [0.15, 0.2) is 0 Å². The summed E-state index contributed by atoms with van der Waals surface area (Å²) in [6.07, 6.45) is 13.0. The predicted octanol–water partition coefficient (Wildman–Crippen LogP) is 6.34. The first kappa shape index (κ1) is 21.4. The summed E-state index contributed by atoms with van der Waals surface area (Å²) in [6.45, 7) is 5.33. The summed E-state index contributed by atoms with van der Waals surface area (Å²) in [6, 6.07) is 8.03. The lowest BCUT2D eigenvalue weighted by atomic mass is 9.67. The maximum absolute atomic E-state index is 12.7. The molecule has 28 heavy (non-hydrogen) atoms. The SMILES string of the molecule is CCCCCOC1CCC2C[C@H](C(=O)Oc3ccc(CCC)cc3)CC[C@@H]2C1. The maximum atomic E-state index is 12.7. The highest BCUT2D eigenvalue weighted by molar-refractivity contribution is 5.75. The van der Waals surface area contributed by atoms with Crippen molar-refractivity contribution in [3.63, 3.8) is 0 Å². The Morgan fingerprint density at radius 3 is 2.43 bits per heavy atom. The zero-order valence-electron chi connectivity index (χ0n) is 17.8. The summed E-state index contributed by atoms with van der Waals surface area (Å²) in [5.41, 5.74) is 1.30. The lowest BCUT2D eigenvalue weighted by molar-refractivity contribution is -0.141. The Kier molecular flexibility index (Phi) is 8.39. The molecule has 4 atom stereocenters. The minimum absolute atomic E-state index is 0.0281. The van der Waals surface area contributed by atoms with Crippen LogP contribution in [0.2, 0.25) is 0 Å². The maximum Gasteiger partial charge on any atom is 0.314 e. The van der Waals surface area contributed by atoms with E-state index in [4.69, 9.17) is 9.47 Å². The molecule has 3 rings (SSSR count). The molecule has 3 heteroatoms. The zero-order chi connectivity index (χ0) is 19.8. The number of unbranched alkanes of at least 4 members (excludes halogenated alkanes) is 2. The molecule has 0 amide bonds. The van der Waals surface area contributed by atoms with Crippen molar-refractivity contribution in [1.82, 2.24) is 0 Å². The molecule has 2 aliphatic rings. The van der Waals surface area contributed by atoms with Gasteiger partial charge in [0.2, 0.25) is 0 Å². The Morgan fingerprint density at radius 1 is 0.929 bits per heavy atom. The monoisotopic (exact) mass is 386 g/mol. The van der Waals surface area contributed by atoms with E-state index in [1.54, 1.807) is 0 Å². The van der Waals surface area contributed by atoms with Crippen LogP contribution in [0.3, 0.4) is 0 Å². The van der Waals surface area contributed by atoms with Crippen LogP contribution in [0.1, 0.15) is 83.6 Å². The number of aryl methyl sites for hydroxylation is 1. The highest BCUT2D eigenvalue weighted by Gasteiger charge is 2.38. The van der Waals surface area contributed by atoms with Crippen molar-refractivity contribution in [2.45, 2.75) is 90.6 Å². The summed E-state index contributed by atoms with van der Waals surface area (Å²) in [7, 11) is 0. The van der Waals surface area contributed by atoms with E-state index in [0.717, 1.165) is 51.0 Å². The molecule has 0 N–H and O–H groups in total. The van der Waals surface area contributed by atoms with Crippen LogP contribution in [0, 0.1) is 17.8 Å². The van der Waals surface area contributed by atoms with E-state index in [0.29, 0.717) is 17.8 Å². The van der Waals surface area contributed by atoms with Gasteiger partial charge in [0.05, 0.1) is 12.0 Å². The van der Waals surface area contributed by atoms with Gasteiger partial charge in [-0.1, -0.05) is 45.2 Å². The molecule has 0 spiro atoms. The molecule has 0 heterocycles. The number of hydrogen-bond donors (Lipinski definition) is 0. The average molecular weight is 387 g/mol. The molecule has 1 aromatic rings. The van der Waals surface area contributed by atoms with Gasteiger partial charge < -0.3 is 9.47 Å². The van der Waals surface area contributed by atoms with E-state index in [1.807, 2.05) is 12.1 Å². The first-order valence-electron chi connectivity index (χ1n) is 11.6. The van der Waals surface area contributed by atoms with E-state index in [1.165, 1.54) is 37.7 Å². The van der Waals surface area contributed by atoms with Gasteiger partial charge in [0, 0.05) is 6.61 Å². The van der Waals surface area contributed by atoms with Crippen molar-refractivity contribution in [1.29, 1.82) is 0 Å². The molecule has 2 aliphatic carbocycles. The molecule has 1 aromatic carbocycles. The second kappa shape index (κ2) is 11.0. The average Bonchev–Trinajstić information content (AvgIpc) is 2.72. The van der Waals surface area contributed by atoms with Crippen LogP contribution in [-0.4, -0.2) is 18.7 Å². The van der Waals surface area contributed by atoms with Crippen LogP contribution in [0.25, 0.3) is 0 Å². The van der Waals surface area contributed by atoms with E-state index in [2.05, 4.69) is 26.0 Å². The normalized spacial score (nSPS) is 27.2. The van der Waals surface area contributed by atoms with Gasteiger partial charge in [-0.25, -0.2) is 0 Å². The third-order valence-electron chi connectivity index (χ3n) is 6.68. The Morgan fingerprint density at radius 2 is 1.68 bits per heavy atom. The largest absolute Gasteiger partial charge is 0.426 e. The second-order valence-electron chi connectivity index (χ2n) is 8.86. The van der Waals surface area contributed by atoms with Gasteiger partial charge in [-0.15, -0.1) is 0 Å². The summed E-state index contributed by atoms with van der Waals surface area (Å²) >= 11 is 0. The van der Waals surface area contributed by atoms with Gasteiger partial charge in [0.1, 0.15) is 5.75 Å². The highest BCUT2D eigenvalue weighted by Crippen LogP contribution is 2.43. The number of esters is 1. The minimum Gasteiger partial charge on any atom is -0.426 e. The van der Waals surface area contributed by atoms with Gasteiger partial charge in [-0.3, -0.25) is 4.79 Å². The number of rotatable bonds is 9. The van der Waals surface area contributed by atoms with Crippen molar-refractivity contribution < 1.29 is 14.3 Å². The van der Waals surface area contributed by atoms with E-state index in [-0.39, 0.29) is 11.9 Å². The molecule has 0 saturated heterocycles. The fourth-order valence-corrected chi connectivity index (χ4v) is 5.03. The summed E-state index contributed by atoms with van der Waals surface area (Å²) in [4.78, 5) is 12.7. The number of ether oxygens (including phenoxy) is 2. The first-order chi connectivity index (χ1) is 13.7. The smallest absolute Gasteiger partial charge is 0.314 e. The van der Waals surface area contributed by atoms with Crippen LogP contribution in [0.15, 0.2) is 24.3 Å². The third kappa shape index (κ3) is 6.07. The summed E-state index contributed by atoms with van der Waals surface area (Å²) < 4.78 is 11.8. The lowest BCUT2D eigenvalue weighted by Crippen LogP contribution is -2.37. The molecule has 0 aromatic heterocycles. The Balaban J connectivity index is 1.43. The quantitative estimate of drug-likeness (QED) is 0.282. The van der Waals surface area contributed by atoms with Gasteiger partial charge in [-0.2, -0.15) is 0 Å². The summed E-state index contributed by atoms with van der Waals surface area (Å²) in [5.74, 6) is 2.14. The molecule has 156 valence electrons. The minimum atomic E-state index is -0.0281. The van der Waals surface area contributed by atoms with Crippen LogP contribution in [0.4, 0.5) is 0 Å². The fourth-order valence-electron chi connectivity index (χ4n) is 5.03. The highest BCUT2D eigenvalue weighted by atomic mass is 16.5. The molecule has 2 unspecified atom stereocenters.